The number of hydrogen-bond acceptors (Lipinski definition) is 6. The maximum absolute atomic E-state index is 11.9. The Labute approximate surface area is 126 Å². The number of carbonyl (C=O) groups is 2. The monoisotopic (exact) mass is 305 g/mol. The van der Waals surface area contributed by atoms with Gasteiger partial charge < -0.3 is 14.8 Å². The van der Waals surface area contributed by atoms with Crippen LogP contribution in [0.15, 0.2) is 30.5 Å². The van der Waals surface area contributed by atoms with Gasteiger partial charge in [0.2, 0.25) is 5.91 Å². The van der Waals surface area contributed by atoms with Gasteiger partial charge in [-0.2, -0.15) is 0 Å². The normalized spacial score (nSPS) is 9.91. The van der Waals surface area contributed by atoms with Gasteiger partial charge in [0.05, 0.1) is 20.4 Å². The first-order valence-corrected chi connectivity index (χ1v) is 6.29. The van der Waals surface area contributed by atoms with Crippen LogP contribution in [0.25, 0.3) is 0 Å². The maximum Gasteiger partial charge on any atom is 0.412 e. The Kier molecular flexibility index (Phi) is 4.91. The second-order valence-corrected chi connectivity index (χ2v) is 4.19. The molecule has 1 heterocycles. The van der Waals surface area contributed by atoms with Crippen molar-refractivity contribution in [1.82, 2.24) is 15.0 Å². The first-order chi connectivity index (χ1) is 10.6. The average Bonchev–Trinajstić information content (AvgIpc) is 2.94. The fourth-order valence-electron chi connectivity index (χ4n) is 1.61. The highest BCUT2D eigenvalue weighted by Gasteiger charge is 2.08. The lowest BCUT2D eigenvalue weighted by atomic mass is 10.3. The van der Waals surface area contributed by atoms with E-state index in [0.29, 0.717) is 11.4 Å². The fraction of sp³-hybridized carbons (Fsp3) is 0.231. The zero-order valence-electron chi connectivity index (χ0n) is 12.1. The zero-order valence-corrected chi connectivity index (χ0v) is 12.1. The van der Waals surface area contributed by atoms with Crippen LogP contribution in [0.1, 0.15) is 0 Å². The standard InChI is InChI=1S/C13H15N5O4/c1-21-10-5-3-9(4-6-10)14-12(19)8-18-7-11(16-17-18)15-13(20)22-2/h3-7H,8H2,1-2H3,(H,14,19)(H,15,20). The molecule has 116 valence electrons. The number of methoxy groups -OCH3 is 2. The predicted octanol–water partition coefficient (Wildman–Crippen LogP) is 1.10. The van der Waals surface area contributed by atoms with Crippen LogP contribution in [0.2, 0.25) is 0 Å². The smallest absolute Gasteiger partial charge is 0.412 e. The molecule has 0 aliphatic carbocycles. The number of aromatic nitrogens is 3. The van der Waals surface area contributed by atoms with Crippen LogP contribution in [0.3, 0.4) is 0 Å². The van der Waals surface area contributed by atoms with Crippen molar-refractivity contribution in [2.24, 2.45) is 0 Å². The van der Waals surface area contributed by atoms with Crippen LogP contribution in [-0.4, -0.2) is 41.2 Å². The predicted molar refractivity (Wildman–Crippen MR) is 77.7 cm³/mol. The van der Waals surface area contributed by atoms with Crippen LogP contribution in [-0.2, 0) is 16.1 Å². The van der Waals surface area contributed by atoms with Gasteiger partial charge in [0.25, 0.3) is 0 Å². The Morgan fingerprint density at radius 3 is 2.55 bits per heavy atom. The summed E-state index contributed by atoms with van der Waals surface area (Å²) in [5.41, 5.74) is 0.638. The molecule has 2 aromatic rings. The molecule has 22 heavy (non-hydrogen) atoms. The molecule has 0 saturated carbocycles. The van der Waals surface area contributed by atoms with Gasteiger partial charge in [-0.25, -0.2) is 9.48 Å². The van der Waals surface area contributed by atoms with E-state index in [1.165, 1.54) is 18.0 Å². The second kappa shape index (κ2) is 7.07. The molecule has 2 N–H and O–H groups in total. The number of nitrogens with one attached hydrogen (secondary N) is 2. The highest BCUT2D eigenvalue weighted by atomic mass is 16.5. The number of anilines is 2. The van der Waals surface area contributed by atoms with Crippen LogP contribution in [0, 0.1) is 0 Å². The molecule has 0 radical (unpaired) electrons. The number of amides is 2. The summed E-state index contributed by atoms with van der Waals surface area (Å²) in [6.45, 7) is -0.0398. The average molecular weight is 305 g/mol. The Morgan fingerprint density at radius 2 is 1.91 bits per heavy atom. The summed E-state index contributed by atoms with van der Waals surface area (Å²) in [4.78, 5) is 22.9. The van der Waals surface area contributed by atoms with Crippen molar-refractivity contribution in [1.29, 1.82) is 0 Å². The molecule has 0 aliphatic heterocycles. The van der Waals surface area contributed by atoms with Gasteiger partial charge in [-0.05, 0) is 24.3 Å². The van der Waals surface area contributed by atoms with Gasteiger partial charge in [-0.1, -0.05) is 5.21 Å². The molecule has 0 saturated heterocycles. The first-order valence-electron chi connectivity index (χ1n) is 6.29. The second-order valence-electron chi connectivity index (χ2n) is 4.19. The third kappa shape index (κ3) is 4.20. The number of rotatable bonds is 5. The summed E-state index contributed by atoms with van der Waals surface area (Å²) in [5, 5.41) is 12.5. The van der Waals surface area contributed by atoms with Crippen LogP contribution < -0.4 is 15.4 Å². The third-order valence-corrected chi connectivity index (χ3v) is 2.63. The summed E-state index contributed by atoms with van der Waals surface area (Å²) >= 11 is 0. The van der Waals surface area contributed by atoms with Crippen LogP contribution in [0.4, 0.5) is 16.3 Å². The van der Waals surface area contributed by atoms with Gasteiger partial charge in [0.1, 0.15) is 12.3 Å². The Hall–Kier alpha value is -3.10. The molecular weight excluding hydrogens is 290 g/mol. The highest BCUT2D eigenvalue weighted by Crippen LogP contribution is 2.14. The Morgan fingerprint density at radius 1 is 1.18 bits per heavy atom. The van der Waals surface area contributed by atoms with Crippen molar-refractivity contribution in [3.8, 4) is 5.75 Å². The lowest BCUT2D eigenvalue weighted by Gasteiger charge is -2.06. The Balaban J connectivity index is 1.89. The molecule has 0 bridgehead atoms. The third-order valence-electron chi connectivity index (χ3n) is 2.63. The molecule has 1 aromatic heterocycles. The summed E-state index contributed by atoms with van der Waals surface area (Å²) < 4.78 is 10.8. The van der Waals surface area contributed by atoms with E-state index in [2.05, 4.69) is 25.7 Å². The minimum atomic E-state index is -0.658. The van der Waals surface area contributed by atoms with Crippen LogP contribution in [0.5, 0.6) is 5.75 Å². The topological polar surface area (TPSA) is 107 Å². The van der Waals surface area contributed by atoms with Crippen molar-refractivity contribution in [2.75, 3.05) is 24.9 Å². The van der Waals surface area contributed by atoms with E-state index in [0.717, 1.165) is 0 Å². The lowest BCUT2D eigenvalue weighted by molar-refractivity contribution is -0.116. The van der Waals surface area contributed by atoms with E-state index in [4.69, 9.17) is 4.74 Å². The lowest BCUT2D eigenvalue weighted by Crippen LogP contribution is -2.19. The number of benzene rings is 1. The van der Waals surface area contributed by atoms with Gasteiger partial charge in [-0.3, -0.25) is 10.1 Å². The molecular formula is C13H15N5O4. The fourth-order valence-corrected chi connectivity index (χ4v) is 1.61. The molecule has 2 rings (SSSR count). The minimum Gasteiger partial charge on any atom is -0.497 e. The minimum absolute atomic E-state index is 0.0398. The van der Waals surface area contributed by atoms with Crippen molar-refractivity contribution in [3.63, 3.8) is 0 Å². The zero-order chi connectivity index (χ0) is 15.9. The molecule has 0 atom stereocenters. The number of carbonyl (C=O) groups excluding carboxylic acids is 2. The van der Waals surface area contributed by atoms with E-state index < -0.39 is 6.09 Å². The van der Waals surface area contributed by atoms with Crippen LogP contribution >= 0.6 is 0 Å². The maximum atomic E-state index is 11.9. The van der Waals surface area contributed by atoms with Crippen molar-refractivity contribution in [2.45, 2.75) is 6.54 Å². The Bertz CT molecular complexity index is 653. The molecule has 0 aliphatic rings. The quantitative estimate of drug-likeness (QED) is 0.856. The van der Waals surface area contributed by atoms with E-state index in [9.17, 15) is 9.59 Å². The number of ether oxygens (including phenoxy) is 2. The molecule has 9 heteroatoms. The van der Waals surface area contributed by atoms with Gasteiger partial charge >= 0.3 is 6.09 Å². The first kappa shape index (κ1) is 15.3. The summed E-state index contributed by atoms with van der Waals surface area (Å²) in [6, 6.07) is 6.93. The summed E-state index contributed by atoms with van der Waals surface area (Å²) in [6.07, 6.45) is 0.763. The molecule has 0 unspecified atom stereocenters. The summed E-state index contributed by atoms with van der Waals surface area (Å²) in [7, 11) is 2.81. The molecule has 0 spiro atoms. The van der Waals surface area contributed by atoms with Crippen molar-refractivity contribution >= 4 is 23.5 Å². The number of hydrogen-bond donors (Lipinski definition) is 2. The highest BCUT2D eigenvalue weighted by molar-refractivity contribution is 5.90. The molecule has 9 nitrogen and oxygen atoms in total. The van der Waals surface area contributed by atoms with E-state index in [1.54, 1.807) is 31.4 Å². The molecule has 2 amide bonds. The largest absolute Gasteiger partial charge is 0.497 e. The van der Waals surface area contributed by atoms with E-state index in [1.807, 2.05) is 0 Å². The van der Waals surface area contributed by atoms with Crippen molar-refractivity contribution < 1.29 is 19.1 Å². The molecule has 0 fully saturated rings. The van der Waals surface area contributed by atoms with Gasteiger partial charge in [-0.15, -0.1) is 5.10 Å². The summed E-state index contributed by atoms with van der Waals surface area (Å²) in [5.74, 6) is 0.622. The van der Waals surface area contributed by atoms with E-state index in [-0.39, 0.29) is 18.3 Å². The van der Waals surface area contributed by atoms with Gasteiger partial charge in [0, 0.05) is 5.69 Å². The molecule has 1 aromatic carbocycles. The SMILES string of the molecule is COC(=O)Nc1cn(CC(=O)Nc2ccc(OC)cc2)nn1. The number of nitrogens with zero attached hydrogens (tertiary/aromatic N) is 3. The van der Waals surface area contributed by atoms with Crippen molar-refractivity contribution in [3.05, 3.63) is 30.5 Å². The van der Waals surface area contributed by atoms with Gasteiger partial charge in [0.15, 0.2) is 5.82 Å². The van der Waals surface area contributed by atoms with E-state index >= 15 is 0 Å².